The number of hydrogen-bond donors (Lipinski definition) is 1. The number of anilines is 1. The van der Waals surface area contributed by atoms with Crippen LogP contribution in [0.1, 0.15) is 11.1 Å². The quantitative estimate of drug-likeness (QED) is 0.641. The van der Waals surface area contributed by atoms with E-state index in [1.54, 1.807) is 12.1 Å². The molecule has 0 saturated heterocycles. The van der Waals surface area contributed by atoms with Gasteiger partial charge in [0.15, 0.2) is 0 Å². The molecule has 2 heteroatoms. The molecule has 0 unspecified atom stereocenters. The Kier molecular flexibility index (Phi) is 3.32. The minimum Gasteiger partial charge on any atom is -0.489 e. The molecule has 0 aromatic heterocycles. The van der Waals surface area contributed by atoms with Crippen LogP contribution in [0, 0.1) is 12.3 Å². The van der Waals surface area contributed by atoms with E-state index >= 15 is 0 Å². The molecule has 2 nitrogen and oxygen atoms in total. The van der Waals surface area contributed by atoms with Crippen LogP contribution in [0.5, 0.6) is 5.75 Å². The maximum atomic E-state index is 5.71. The van der Waals surface area contributed by atoms with Gasteiger partial charge < -0.3 is 10.5 Å². The monoisotopic (exact) mass is 223 g/mol. The zero-order valence-corrected chi connectivity index (χ0v) is 9.39. The first-order valence-electron chi connectivity index (χ1n) is 5.32. The van der Waals surface area contributed by atoms with E-state index in [9.17, 15) is 0 Å². The summed E-state index contributed by atoms with van der Waals surface area (Å²) in [5.41, 5.74) is 8.09. The summed E-state index contributed by atoms with van der Waals surface area (Å²) < 4.78 is 5.64. The highest BCUT2D eigenvalue weighted by Crippen LogP contribution is 2.19. The SMILES string of the molecule is C#Cc1cc(OCc2ccccc2)ccc1N. The van der Waals surface area contributed by atoms with Crippen LogP contribution < -0.4 is 10.5 Å². The van der Waals surface area contributed by atoms with E-state index in [-0.39, 0.29) is 0 Å². The van der Waals surface area contributed by atoms with Crippen molar-refractivity contribution in [3.05, 3.63) is 59.7 Å². The Hall–Kier alpha value is -2.40. The van der Waals surface area contributed by atoms with Crippen LogP contribution in [0.25, 0.3) is 0 Å². The summed E-state index contributed by atoms with van der Waals surface area (Å²) in [4.78, 5) is 0. The smallest absolute Gasteiger partial charge is 0.121 e. The largest absolute Gasteiger partial charge is 0.489 e. The van der Waals surface area contributed by atoms with Gasteiger partial charge in [-0.3, -0.25) is 0 Å². The molecule has 84 valence electrons. The van der Waals surface area contributed by atoms with Crippen LogP contribution in [-0.4, -0.2) is 0 Å². The Morgan fingerprint density at radius 2 is 1.88 bits per heavy atom. The fourth-order valence-electron chi connectivity index (χ4n) is 1.49. The van der Waals surface area contributed by atoms with Crippen LogP contribution in [0.15, 0.2) is 48.5 Å². The van der Waals surface area contributed by atoms with Crippen LogP contribution in [0.3, 0.4) is 0 Å². The van der Waals surface area contributed by atoms with Crippen molar-refractivity contribution in [1.29, 1.82) is 0 Å². The van der Waals surface area contributed by atoms with Crippen LogP contribution >= 0.6 is 0 Å². The predicted octanol–water partition coefficient (Wildman–Crippen LogP) is 2.83. The lowest BCUT2D eigenvalue weighted by molar-refractivity contribution is 0.306. The van der Waals surface area contributed by atoms with Crippen molar-refractivity contribution in [2.24, 2.45) is 0 Å². The fraction of sp³-hybridized carbons (Fsp3) is 0.0667. The normalized spacial score (nSPS) is 9.59. The number of rotatable bonds is 3. The summed E-state index contributed by atoms with van der Waals surface area (Å²) >= 11 is 0. The number of nitrogen functional groups attached to an aromatic ring is 1. The highest BCUT2D eigenvalue weighted by molar-refractivity contribution is 5.57. The summed E-state index contributed by atoms with van der Waals surface area (Å²) in [6.45, 7) is 0.523. The zero-order valence-electron chi connectivity index (χ0n) is 9.39. The van der Waals surface area contributed by atoms with Crippen LogP contribution in [-0.2, 0) is 6.61 Å². The van der Waals surface area contributed by atoms with Gasteiger partial charge in [0, 0.05) is 5.69 Å². The van der Waals surface area contributed by atoms with Crippen LogP contribution in [0.4, 0.5) is 5.69 Å². The predicted molar refractivity (Wildman–Crippen MR) is 69.6 cm³/mol. The molecule has 0 bridgehead atoms. The van der Waals surface area contributed by atoms with Gasteiger partial charge in [-0.1, -0.05) is 36.3 Å². The molecule has 0 radical (unpaired) electrons. The van der Waals surface area contributed by atoms with Gasteiger partial charge in [-0.05, 0) is 23.8 Å². The molecule has 0 fully saturated rings. The lowest BCUT2D eigenvalue weighted by Crippen LogP contribution is -1.96. The van der Waals surface area contributed by atoms with Crippen molar-refractivity contribution in [2.75, 3.05) is 5.73 Å². The van der Waals surface area contributed by atoms with Gasteiger partial charge in [-0.25, -0.2) is 0 Å². The molecule has 0 aliphatic heterocycles. The minimum absolute atomic E-state index is 0.523. The highest BCUT2D eigenvalue weighted by atomic mass is 16.5. The number of nitrogens with two attached hydrogens (primary N) is 1. The van der Waals surface area contributed by atoms with E-state index in [1.807, 2.05) is 36.4 Å². The van der Waals surface area contributed by atoms with Gasteiger partial charge >= 0.3 is 0 Å². The summed E-state index contributed by atoms with van der Waals surface area (Å²) in [7, 11) is 0. The molecule has 2 N–H and O–H groups in total. The van der Waals surface area contributed by atoms with Crippen molar-refractivity contribution in [2.45, 2.75) is 6.61 Å². The molecule has 0 amide bonds. The average Bonchev–Trinajstić information content (AvgIpc) is 2.39. The Morgan fingerprint density at radius 3 is 2.59 bits per heavy atom. The molecule has 0 spiro atoms. The topological polar surface area (TPSA) is 35.2 Å². The van der Waals surface area contributed by atoms with E-state index < -0.39 is 0 Å². The van der Waals surface area contributed by atoms with Gasteiger partial charge in [0.2, 0.25) is 0 Å². The fourth-order valence-corrected chi connectivity index (χ4v) is 1.49. The summed E-state index contributed by atoms with van der Waals surface area (Å²) in [6, 6.07) is 15.3. The second kappa shape index (κ2) is 5.09. The molecule has 0 saturated carbocycles. The third-order valence-corrected chi connectivity index (χ3v) is 2.43. The number of benzene rings is 2. The van der Waals surface area contributed by atoms with Crippen molar-refractivity contribution >= 4 is 5.69 Å². The van der Waals surface area contributed by atoms with Gasteiger partial charge in [0.1, 0.15) is 12.4 Å². The highest BCUT2D eigenvalue weighted by Gasteiger charge is 2.00. The Balaban J connectivity index is 2.08. The van der Waals surface area contributed by atoms with Crippen molar-refractivity contribution in [3.63, 3.8) is 0 Å². The molecule has 17 heavy (non-hydrogen) atoms. The molecule has 2 rings (SSSR count). The van der Waals surface area contributed by atoms with Gasteiger partial charge in [-0.15, -0.1) is 6.42 Å². The van der Waals surface area contributed by atoms with E-state index in [0.717, 1.165) is 11.3 Å². The average molecular weight is 223 g/mol. The molecule has 0 aliphatic rings. The summed E-state index contributed by atoms with van der Waals surface area (Å²) in [5, 5.41) is 0. The van der Waals surface area contributed by atoms with Crippen molar-refractivity contribution < 1.29 is 4.74 Å². The molecule has 2 aromatic carbocycles. The van der Waals surface area contributed by atoms with E-state index in [0.29, 0.717) is 17.9 Å². The standard InChI is InChI=1S/C15H13NO/c1-2-13-10-14(8-9-15(13)16)17-11-12-6-4-3-5-7-12/h1,3-10H,11,16H2. The number of ether oxygens (including phenoxy) is 1. The number of terminal acetylenes is 1. The molecule has 0 aliphatic carbocycles. The second-order valence-corrected chi connectivity index (χ2v) is 3.67. The molecular weight excluding hydrogens is 210 g/mol. The maximum absolute atomic E-state index is 5.71. The first-order valence-corrected chi connectivity index (χ1v) is 5.32. The molecule has 0 heterocycles. The zero-order chi connectivity index (χ0) is 12.1. The van der Waals surface area contributed by atoms with E-state index in [4.69, 9.17) is 16.9 Å². The van der Waals surface area contributed by atoms with Crippen LogP contribution in [0.2, 0.25) is 0 Å². The lowest BCUT2D eigenvalue weighted by atomic mass is 10.2. The van der Waals surface area contributed by atoms with E-state index in [1.165, 1.54) is 0 Å². The summed E-state index contributed by atoms with van der Waals surface area (Å²) in [5.74, 6) is 3.26. The van der Waals surface area contributed by atoms with Gasteiger partial charge in [0.25, 0.3) is 0 Å². The first-order chi connectivity index (χ1) is 8.29. The van der Waals surface area contributed by atoms with E-state index in [2.05, 4.69) is 5.92 Å². The Labute approximate surface area is 101 Å². The van der Waals surface area contributed by atoms with Crippen molar-refractivity contribution in [1.82, 2.24) is 0 Å². The third kappa shape index (κ3) is 2.79. The lowest BCUT2D eigenvalue weighted by Gasteiger charge is -2.07. The number of hydrogen-bond acceptors (Lipinski definition) is 2. The molecule has 2 aromatic rings. The molecule has 0 atom stereocenters. The third-order valence-electron chi connectivity index (χ3n) is 2.43. The van der Waals surface area contributed by atoms with Gasteiger partial charge in [-0.2, -0.15) is 0 Å². The first kappa shape index (κ1) is 11.1. The Bertz CT molecular complexity index is 541. The summed E-state index contributed by atoms with van der Waals surface area (Å²) in [6.07, 6.45) is 5.34. The Morgan fingerprint density at radius 1 is 1.12 bits per heavy atom. The minimum atomic E-state index is 0.523. The maximum Gasteiger partial charge on any atom is 0.121 e. The van der Waals surface area contributed by atoms with Crippen molar-refractivity contribution in [3.8, 4) is 18.1 Å². The molecular formula is C15H13NO. The second-order valence-electron chi connectivity index (χ2n) is 3.67. The van der Waals surface area contributed by atoms with Gasteiger partial charge in [0.05, 0.1) is 5.56 Å².